The van der Waals surface area contributed by atoms with Gasteiger partial charge in [0.05, 0.1) is 5.54 Å². The molecular formula is C24H25N5O3. The molecule has 0 bridgehead atoms. The van der Waals surface area contributed by atoms with Gasteiger partial charge in [0.1, 0.15) is 23.9 Å². The normalized spacial score (nSPS) is 14.3. The zero-order valence-electron chi connectivity index (χ0n) is 18.3. The standard InChI is InChI=1S/C24H25N5O3/c1-14-26-21(20-22(27-14)29-23(28-20)32-13-24(29,2)3)25-11-10-15-4-9-19(31)18(12-15)16-5-7-17(30)8-6-16/h4-9,12,30-31H,10-11,13H2,1-3H3,(H,25,26,27). The molecule has 1 aliphatic rings. The molecule has 2 aromatic heterocycles. The highest BCUT2D eigenvalue weighted by atomic mass is 16.5. The summed E-state index contributed by atoms with van der Waals surface area (Å²) in [7, 11) is 0. The molecule has 0 unspecified atom stereocenters. The van der Waals surface area contributed by atoms with Crippen LogP contribution in [0.25, 0.3) is 22.3 Å². The fourth-order valence-electron chi connectivity index (χ4n) is 4.05. The predicted octanol–water partition coefficient (Wildman–Crippen LogP) is 4.00. The summed E-state index contributed by atoms with van der Waals surface area (Å²) >= 11 is 0. The molecule has 0 radical (unpaired) electrons. The maximum atomic E-state index is 10.3. The summed E-state index contributed by atoms with van der Waals surface area (Å²) in [6.07, 6.45) is 0.728. The summed E-state index contributed by atoms with van der Waals surface area (Å²) in [4.78, 5) is 13.8. The number of aromatic hydroxyl groups is 2. The molecule has 3 N–H and O–H groups in total. The lowest BCUT2D eigenvalue weighted by molar-refractivity contribution is 0.268. The van der Waals surface area contributed by atoms with Crippen molar-refractivity contribution in [2.24, 2.45) is 0 Å². The van der Waals surface area contributed by atoms with Crippen LogP contribution in [0.3, 0.4) is 0 Å². The largest absolute Gasteiger partial charge is 0.508 e. The Morgan fingerprint density at radius 3 is 2.62 bits per heavy atom. The molecule has 8 nitrogen and oxygen atoms in total. The Hall–Kier alpha value is -3.81. The molecule has 32 heavy (non-hydrogen) atoms. The summed E-state index contributed by atoms with van der Waals surface area (Å²) < 4.78 is 7.79. The summed E-state index contributed by atoms with van der Waals surface area (Å²) in [5.74, 6) is 1.76. The molecule has 0 aliphatic carbocycles. The van der Waals surface area contributed by atoms with Gasteiger partial charge in [-0.15, -0.1) is 0 Å². The molecule has 0 fully saturated rings. The Balaban J connectivity index is 1.37. The van der Waals surface area contributed by atoms with E-state index in [1.165, 1.54) is 0 Å². The van der Waals surface area contributed by atoms with Crippen molar-refractivity contribution >= 4 is 17.0 Å². The van der Waals surface area contributed by atoms with Gasteiger partial charge in [0.2, 0.25) is 0 Å². The average molecular weight is 431 g/mol. The number of benzene rings is 2. The van der Waals surface area contributed by atoms with Crippen molar-refractivity contribution in [3.05, 3.63) is 53.9 Å². The number of ether oxygens (including phenoxy) is 1. The van der Waals surface area contributed by atoms with Crippen LogP contribution < -0.4 is 10.1 Å². The molecule has 8 heteroatoms. The number of hydrogen-bond donors (Lipinski definition) is 3. The van der Waals surface area contributed by atoms with Gasteiger partial charge in [-0.3, -0.25) is 4.57 Å². The van der Waals surface area contributed by atoms with Crippen LogP contribution >= 0.6 is 0 Å². The third-order valence-electron chi connectivity index (χ3n) is 5.69. The molecule has 1 aliphatic heterocycles. The summed E-state index contributed by atoms with van der Waals surface area (Å²) in [6.45, 7) is 7.29. The van der Waals surface area contributed by atoms with E-state index in [-0.39, 0.29) is 17.0 Å². The number of nitrogens with one attached hydrogen (secondary N) is 1. The van der Waals surface area contributed by atoms with E-state index in [0.29, 0.717) is 36.3 Å². The van der Waals surface area contributed by atoms with Crippen LogP contribution in [0.1, 0.15) is 25.2 Å². The highest BCUT2D eigenvalue weighted by Crippen LogP contribution is 2.36. The third-order valence-corrected chi connectivity index (χ3v) is 5.69. The lowest BCUT2D eigenvalue weighted by Crippen LogP contribution is -2.26. The molecular weight excluding hydrogens is 406 g/mol. The second-order valence-corrected chi connectivity index (χ2v) is 8.70. The second-order valence-electron chi connectivity index (χ2n) is 8.70. The molecule has 0 atom stereocenters. The van der Waals surface area contributed by atoms with Gasteiger partial charge in [-0.25, -0.2) is 9.97 Å². The van der Waals surface area contributed by atoms with E-state index in [0.717, 1.165) is 28.8 Å². The first kappa shape index (κ1) is 20.1. The van der Waals surface area contributed by atoms with E-state index in [9.17, 15) is 10.2 Å². The molecule has 5 rings (SSSR count). The first-order chi connectivity index (χ1) is 15.3. The number of imidazole rings is 1. The van der Waals surface area contributed by atoms with E-state index in [2.05, 4.69) is 34.1 Å². The Labute approximate surface area is 185 Å². The molecule has 4 aromatic rings. The van der Waals surface area contributed by atoms with Gasteiger partial charge in [-0.1, -0.05) is 18.2 Å². The highest BCUT2D eigenvalue weighted by Gasteiger charge is 2.35. The number of rotatable bonds is 5. The first-order valence-electron chi connectivity index (χ1n) is 10.6. The number of aryl methyl sites for hydroxylation is 1. The van der Waals surface area contributed by atoms with E-state index in [1.54, 1.807) is 30.3 Å². The summed E-state index contributed by atoms with van der Waals surface area (Å²) in [6, 6.07) is 12.9. The maximum absolute atomic E-state index is 10.3. The zero-order valence-corrected chi connectivity index (χ0v) is 18.3. The zero-order chi connectivity index (χ0) is 22.5. The molecule has 164 valence electrons. The summed E-state index contributed by atoms with van der Waals surface area (Å²) in [5.41, 5.74) is 3.91. The van der Waals surface area contributed by atoms with Crippen molar-refractivity contribution in [2.45, 2.75) is 32.7 Å². The van der Waals surface area contributed by atoms with Crippen molar-refractivity contribution in [1.29, 1.82) is 0 Å². The van der Waals surface area contributed by atoms with Crippen molar-refractivity contribution < 1.29 is 14.9 Å². The van der Waals surface area contributed by atoms with Gasteiger partial charge < -0.3 is 20.3 Å². The van der Waals surface area contributed by atoms with Gasteiger partial charge in [0.25, 0.3) is 6.01 Å². The monoisotopic (exact) mass is 431 g/mol. The Bertz CT molecular complexity index is 1310. The molecule has 0 spiro atoms. The van der Waals surface area contributed by atoms with Crippen molar-refractivity contribution in [2.75, 3.05) is 18.5 Å². The van der Waals surface area contributed by atoms with Gasteiger partial charge in [0.15, 0.2) is 17.0 Å². The van der Waals surface area contributed by atoms with Crippen molar-refractivity contribution in [3.63, 3.8) is 0 Å². The van der Waals surface area contributed by atoms with Gasteiger partial charge in [0, 0.05) is 12.1 Å². The maximum Gasteiger partial charge on any atom is 0.299 e. The molecule has 3 heterocycles. The molecule has 2 aromatic carbocycles. The minimum absolute atomic E-state index is 0.194. The Morgan fingerprint density at radius 2 is 1.84 bits per heavy atom. The lowest BCUT2D eigenvalue weighted by Gasteiger charge is -2.18. The predicted molar refractivity (Wildman–Crippen MR) is 122 cm³/mol. The number of hydrogen-bond acceptors (Lipinski definition) is 7. The molecule has 0 saturated heterocycles. The lowest BCUT2D eigenvalue weighted by atomic mass is 10.0. The fourth-order valence-corrected chi connectivity index (χ4v) is 4.05. The van der Waals surface area contributed by atoms with Crippen LogP contribution in [0, 0.1) is 6.92 Å². The van der Waals surface area contributed by atoms with Gasteiger partial charge in [-0.05, 0) is 62.6 Å². The SMILES string of the molecule is Cc1nc(NCCc2ccc(O)c(-c3ccc(O)cc3)c2)c2nc3n(c2n1)C(C)(C)CO3. The topological polar surface area (TPSA) is 105 Å². The van der Waals surface area contributed by atoms with Crippen LogP contribution in [0.2, 0.25) is 0 Å². The number of phenolic OH excluding ortho intramolecular Hbond substituents is 2. The van der Waals surface area contributed by atoms with E-state index in [1.807, 2.05) is 23.6 Å². The Kier molecular flexibility index (Phi) is 4.65. The van der Waals surface area contributed by atoms with Crippen molar-refractivity contribution in [1.82, 2.24) is 19.5 Å². The van der Waals surface area contributed by atoms with Crippen LogP contribution in [-0.4, -0.2) is 42.9 Å². The summed E-state index contributed by atoms with van der Waals surface area (Å²) in [5, 5.41) is 23.2. The number of nitrogens with zero attached hydrogens (tertiary/aromatic N) is 4. The number of fused-ring (bicyclic) bond motifs is 3. The minimum atomic E-state index is -0.210. The number of phenols is 2. The first-order valence-corrected chi connectivity index (χ1v) is 10.6. The highest BCUT2D eigenvalue weighted by molar-refractivity contribution is 5.84. The van der Waals surface area contributed by atoms with Gasteiger partial charge >= 0.3 is 0 Å². The number of anilines is 1. The smallest absolute Gasteiger partial charge is 0.299 e. The van der Waals surface area contributed by atoms with E-state index < -0.39 is 0 Å². The molecule has 0 amide bonds. The minimum Gasteiger partial charge on any atom is -0.508 e. The molecule has 0 saturated carbocycles. The van der Waals surface area contributed by atoms with Gasteiger partial charge in [-0.2, -0.15) is 4.98 Å². The van der Waals surface area contributed by atoms with E-state index >= 15 is 0 Å². The van der Waals surface area contributed by atoms with Crippen LogP contribution in [-0.2, 0) is 12.0 Å². The second kappa shape index (κ2) is 7.40. The third kappa shape index (κ3) is 3.47. The average Bonchev–Trinajstić information content (AvgIpc) is 3.27. The Morgan fingerprint density at radius 1 is 1.06 bits per heavy atom. The quantitative estimate of drug-likeness (QED) is 0.439. The van der Waals surface area contributed by atoms with Crippen LogP contribution in [0.15, 0.2) is 42.5 Å². The van der Waals surface area contributed by atoms with E-state index in [4.69, 9.17) is 4.74 Å². The van der Waals surface area contributed by atoms with Crippen LogP contribution in [0.4, 0.5) is 5.82 Å². The fraction of sp³-hybridized carbons (Fsp3) is 0.292. The van der Waals surface area contributed by atoms with Crippen LogP contribution in [0.5, 0.6) is 17.5 Å². The van der Waals surface area contributed by atoms with Crippen molar-refractivity contribution in [3.8, 4) is 28.6 Å². The number of aromatic nitrogens is 4.